The molecule has 0 atom stereocenters. The van der Waals surface area contributed by atoms with Crippen LogP contribution in [-0.2, 0) is 15.6 Å². The molecule has 0 aliphatic heterocycles. The Morgan fingerprint density at radius 2 is 2.00 bits per heavy atom. The summed E-state index contributed by atoms with van der Waals surface area (Å²) in [7, 11) is -3.13. The van der Waals surface area contributed by atoms with E-state index in [0.717, 1.165) is 0 Å². The molecule has 84 valence electrons. The second-order valence-electron chi connectivity index (χ2n) is 3.68. The highest BCUT2D eigenvalue weighted by atomic mass is 35.5. The standard InChI is InChI=1S/C10H14ClNO2S/c1-7(2)15(13,14)6-8-4-3-5-9(12)10(8)11/h3-5,7H,6,12H2,1-2H3. The summed E-state index contributed by atoms with van der Waals surface area (Å²) in [4.78, 5) is 0. The van der Waals surface area contributed by atoms with E-state index in [1.807, 2.05) is 0 Å². The maximum Gasteiger partial charge on any atom is 0.156 e. The molecule has 0 spiro atoms. The van der Waals surface area contributed by atoms with Crippen LogP contribution in [-0.4, -0.2) is 13.7 Å². The molecule has 15 heavy (non-hydrogen) atoms. The van der Waals surface area contributed by atoms with Gasteiger partial charge in [0.1, 0.15) is 0 Å². The van der Waals surface area contributed by atoms with Crippen LogP contribution in [0.1, 0.15) is 19.4 Å². The van der Waals surface area contributed by atoms with Gasteiger partial charge in [-0.2, -0.15) is 0 Å². The molecule has 1 aromatic rings. The zero-order chi connectivity index (χ0) is 11.6. The predicted octanol–water partition coefficient (Wildman–Crippen LogP) is 2.25. The summed E-state index contributed by atoms with van der Waals surface area (Å²) in [5, 5.41) is -0.0725. The molecule has 1 rings (SSSR count). The van der Waals surface area contributed by atoms with Gasteiger partial charge in [0.15, 0.2) is 9.84 Å². The second kappa shape index (κ2) is 4.41. The van der Waals surface area contributed by atoms with Gasteiger partial charge in [-0.25, -0.2) is 8.42 Å². The Hall–Kier alpha value is -0.740. The summed E-state index contributed by atoms with van der Waals surface area (Å²) in [6, 6.07) is 5.03. The van der Waals surface area contributed by atoms with Crippen LogP contribution >= 0.6 is 11.6 Å². The summed E-state index contributed by atoms with van der Waals surface area (Å²) in [5.74, 6) is -0.0610. The fourth-order valence-corrected chi connectivity index (χ4v) is 2.37. The largest absolute Gasteiger partial charge is 0.398 e. The minimum Gasteiger partial charge on any atom is -0.398 e. The molecule has 0 aliphatic rings. The van der Waals surface area contributed by atoms with Crippen LogP contribution in [0.25, 0.3) is 0 Å². The van der Waals surface area contributed by atoms with Crippen molar-refractivity contribution in [3.05, 3.63) is 28.8 Å². The van der Waals surface area contributed by atoms with Gasteiger partial charge in [0.25, 0.3) is 0 Å². The normalized spacial score (nSPS) is 12.0. The van der Waals surface area contributed by atoms with E-state index in [9.17, 15) is 8.42 Å². The number of hydrogen-bond acceptors (Lipinski definition) is 3. The molecule has 3 nitrogen and oxygen atoms in total. The molecule has 0 aliphatic carbocycles. The van der Waals surface area contributed by atoms with Crippen LogP contribution in [0.4, 0.5) is 5.69 Å². The smallest absolute Gasteiger partial charge is 0.156 e. The fourth-order valence-electron chi connectivity index (χ4n) is 1.09. The van der Waals surface area contributed by atoms with Gasteiger partial charge >= 0.3 is 0 Å². The summed E-state index contributed by atoms with van der Waals surface area (Å²) in [6.45, 7) is 3.30. The molecular weight excluding hydrogens is 234 g/mol. The van der Waals surface area contributed by atoms with Gasteiger partial charge < -0.3 is 5.73 Å². The summed E-state index contributed by atoms with van der Waals surface area (Å²) < 4.78 is 23.3. The molecule has 5 heteroatoms. The molecule has 0 amide bonds. The van der Waals surface area contributed by atoms with Gasteiger partial charge in [0.05, 0.1) is 21.7 Å². The highest BCUT2D eigenvalue weighted by molar-refractivity contribution is 7.91. The van der Waals surface area contributed by atoms with Crippen molar-refractivity contribution in [2.75, 3.05) is 5.73 Å². The highest BCUT2D eigenvalue weighted by Gasteiger charge is 2.18. The van der Waals surface area contributed by atoms with Gasteiger partial charge in [-0.15, -0.1) is 0 Å². The molecule has 0 aromatic heterocycles. The van der Waals surface area contributed by atoms with Crippen LogP contribution in [0.3, 0.4) is 0 Å². The lowest BCUT2D eigenvalue weighted by Crippen LogP contribution is -2.16. The molecule has 0 unspecified atom stereocenters. The van der Waals surface area contributed by atoms with Crippen molar-refractivity contribution >= 4 is 27.1 Å². The lowest BCUT2D eigenvalue weighted by molar-refractivity contribution is 0.586. The first kappa shape index (κ1) is 12.3. The molecule has 0 bridgehead atoms. The van der Waals surface area contributed by atoms with E-state index in [1.165, 1.54) is 0 Å². The van der Waals surface area contributed by atoms with Crippen molar-refractivity contribution in [2.24, 2.45) is 0 Å². The summed E-state index contributed by atoms with van der Waals surface area (Å²) in [5.41, 5.74) is 6.56. The Balaban J connectivity index is 3.06. The third-order valence-corrected chi connectivity index (χ3v) is 4.79. The minimum absolute atomic E-state index is 0.0610. The van der Waals surface area contributed by atoms with Gasteiger partial charge in [0.2, 0.25) is 0 Å². The van der Waals surface area contributed by atoms with E-state index < -0.39 is 15.1 Å². The number of anilines is 1. The van der Waals surface area contributed by atoms with Crippen LogP contribution < -0.4 is 5.73 Å². The summed E-state index contributed by atoms with van der Waals surface area (Å²) in [6.07, 6.45) is 0. The van der Waals surface area contributed by atoms with Crippen molar-refractivity contribution in [1.29, 1.82) is 0 Å². The first-order valence-corrected chi connectivity index (χ1v) is 6.68. The number of halogens is 1. The number of rotatable bonds is 3. The van der Waals surface area contributed by atoms with Crippen molar-refractivity contribution < 1.29 is 8.42 Å². The fraction of sp³-hybridized carbons (Fsp3) is 0.400. The van der Waals surface area contributed by atoms with Crippen molar-refractivity contribution in [3.8, 4) is 0 Å². The third kappa shape index (κ3) is 2.86. The minimum atomic E-state index is -3.13. The van der Waals surface area contributed by atoms with E-state index in [0.29, 0.717) is 16.3 Å². The molecular formula is C10H14ClNO2S. The van der Waals surface area contributed by atoms with Gasteiger partial charge in [-0.1, -0.05) is 23.7 Å². The Bertz CT molecular complexity index is 454. The van der Waals surface area contributed by atoms with Crippen LogP contribution in [0, 0.1) is 0 Å². The maximum atomic E-state index is 11.7. The lowest BCUT2D eigenvalue weighted by atomic mass is 10.2. The van der Waals surface area contributed by atoms with E-state index >= 15 is 0 Å². The van der Waals surface area contributed by atoms with E-state index in [2.05, 4.69) is 0 Å². The lowest BCUT2D eigenvalue weighted by Gasteiger charge is -2.09. The Labute approximate surface area is 95.2 Å². The van der Waals surface area contributed by atoms with Crippen LogP contribution in [0.2, 0.25) is 5.02 Å². The van der Waals surface area contributed by atoms with E-state index in [-0.39, 0.29) is 5.75 Å². The maximum absolute atomic E-state index is 11.7. The van der Waals surface area contributed by atoms with Gasteiger partial charge in [-0.05, 0) is 25.5 Å². The molecule has 1 aromatic carbocycles. The first-order valence-electron chi connectivity index (χ1n) is 4.59. The van der Waals surface area contributed by atoms with Crippen LogP contribution in [0.5, 0.6) is 0 Å². The van der Waals surface area contributed by atoms with Gasteiger partial charge in [0, 0.05) is 0 Å². The van der Waals surface area contributed by atoms with Crippen molar-refractivity contribution in [1.82, 2.24) is 0 Å². The molecule has 0 saturated heterocycles. The average Bonchev–Trinajstić information content (AvgIpc) is 2.12. The quantitative estimate of drug-likeness (QED) is 0.834. The van der Waals surface area contributed by atoms with E-state index in [1.54, 1.807) is 32.0 Å². The highest BCUT2D eigenvalue weighted by Crippen LogP contribution is 2.25. The number of nitrogens with two attached hydrogens (primary N) is 1. The first-order chi connectivity index (χ1) is 6.84. The zero-order valence-electron chi connectivity index (χ0n) is 8.70. The van der Waals surface area contributed by atoms with E-state index in [4.69, 9.17) is 17.3 Å². The van der Waals surface area contributed by atoms with Crippen molar-refractivity contribution in [2.45, 2.75) is 24.9 Å². The number of sulfone groups is 1. The van der Waals surface area contributed by atoms with Crippen LogP contribution in [0.15, 0.2) is 18.2 Å². The number of hydrogen-bond donors (Lipinski definition) is 1. The molecule has 0 saturated carbocycles. The summed E-state index contributed by atoms with van der Waals surface area (Å²) >= 11 is 5.91. The molecule has 0 radical (unpaired) electrons. The molecule has 2 N–H and O–H groups in total. The Morgan fingerprint density at radius 3 is 2.53 bits per heavy atom. The molecule has 0 fully saturated rings. The topological polar surface area (TPSA) is 60.2 Å². The number of benzene rings is 1. The Morgan fingerprint density at radius 1 is 1.40 bits per heavy atom. The monoisotopic (exact) mass is 247 g/mol. The zero-order valence-corrected chi connectivity index (χ0v) is 10.3. The third-order valence-electron chi connectivity index (χ3n) is 2.18. The van der Waals surface area contributed by atoms with Crippen molar-refractivity contribution in [3.63, 3.8) is 0 Å². The molecule has 0 heterocycles. The number of nitrogen functional groups attached to an aromatic ring is 1. The van der Waals surface area contributed by atoms with Gasteiger partial charge in [-0.3, -0.25) is 0 Å². The SMILES string of the molecule is CC(C)S(=O)(=O)Cc1cccc(N)c1Cl. The second-order valence-corrected chi connectivity index (χ2v) is 6.61. The predicted molar refractivity (Wildman–Crippen MR) is 63.6 cm³/mol. The average molecular weight is 248 g/mol. The Kier molecular flexibility index (Phi) is 3.62.